The van der Waals surface area contributed by atoms with Gasteiger partial charge in [0, 0.05) is 18.9 Å². The second-order valence-corrected chi connectivity index (χ2v) is 12.1. The van der Waals surface area contributed by atoms with Crippen molar-refractivity contribution in [2.24, 2.45) is 5.92 Å². The standard InChI is InChI=1S/C37H43N5O7/c1-7-21(2)34(37(45)38-20-32-41-31(42-49-32)17-23-11-9-8-10-12-23)40-28-16-14-25-26(19-29(28)44)27(39-22(3)43)15-13-24-18-30(46-4)35(47-5)36(48-6)33(24)25/h8-12,14,16,18-19,21,27,34H,7,13,15,17,20H2,1-6H3,(H,38,45)(H,39,43)(H,40,44). The zero-order chi connectivity index (χ0) is 35.1. The number of carbonyl (C=O) groups excluding carboxylic acids is 2. The monoisotopic (exact) mass is 669 g/mol. The van der Waals surface area contributed by atoms with Crippen molar-refractivity contribution in [1.82, 2.24) is 20.8 Å². The minimum absolute atomic E-state index is 0.0383. The first-order valence-electron chi connectivity index (χ1n) is 16.3. The highest BCUT2D eigenvalue weighted by molar-refractivity contribution is 5.86. The molecule has 3 unspecified atom stereocenters. The van der Waals surface area contributed by atoms with E-state index in [9.17, 15) is 14.4 Å². The Morgan fingerprint density at radius 2 is 1.78 bits per heavy atom. The van der Waals surface area contributed by atoms with Crippen LogP contribution in [-0.4, -0.2) is 49.3 Å². The quantitative estimate of drug-likeness (QED) is 0.178. The molecule has 1 aliphatic rings. The van der Waals surface area contributed by atoms with Crippen molar-refractivity contribution in [2.75, 3.05) is 26.6 Å². The van der Waals surface area contributed by atoms with E-state index in [2.05, 4.69) is 26.1 Å². The summed E-state index contributed by atoms with van der Waals surface area (Å²) >= 11 is 0. The summed E-state index contributed by atoms with van der Waals surface area (Å²) in [5.41, 5.74) is 3.94. The van der Waals surface area contributed by atoms with Gasteiger partial charge in [-0.1, -0.05) is 61.8 Å². The van der Waals surface area contributed by atoms with Crippen molar-refractivity contribution in [3.63, 3.8) is 0 Å². The fourth-order valence-corrected chi connectivity index (χ4v) is 6.18. The van der Waals surface area contributed by atoms with Gasteiger partial charge in [-0.3, -0.25) is 14.4 Å². The van der Waals surface area contributed by atoms with E-state index in [-0.39, 0.29) is 41.3 Å². The third-order valence-corrected chi connectivity index (χ3v) is 8.85. The number of aryl methyl sites for hydroxylation is 1. The van der Waals surface area contributed by atoms with E-state index in [1.807, 2.05) is 56.3 Å². The summed E-state index contributed by atoms with van der Waals surface area (Å²) in [5, 5.41) is 13.2. The van der Waals surface area contributed by atoms with Gasteiger partial charge in [-0.2, -0.15) is 4.98 Å². The molecule has 3 N–H and O–H groups in total. The molecule has 0 spiro atoms. The van der Waals surface area contributed by atoms with Crippen LogP contribution in [0.5, 0.6) is 17.2 Å². The second kappa shape index (κ2) is 15.7. The Kier molecular flexibility index (Phi) is 11.2. The minimum atomic E-state index is -0.746. The largest absolute Gasteiger partial charge is 0.493 e. The van der Waals surface area contributed by atoms with Crippen LogP contribution in [0.15, 0.2) is 63.9 Å². The lowest BCUT2D eigenvalue weighted by Crippen LogP contribution is -2.44. The van der Waals surface area contributed by atoms with Gasteiger partial charge >= 0.3 is 0 Å². The number of nitrogens with one attached hydrogen (secondary N) is 3. The Bertz CT molecular complexity index is 1860. The van der Waals surface area contributed by atoms with Gasteiger partial charge in [0.25, 0.3) is 0 Å². The van der Waals surface area contributed by atoms with Gasteiger partial charge in [0.1, 0.15) is 6.04 Å². The molecule has 0 fully saturated rings. The van der Waals surface area contributed by atoms with Crippen molar-refractivity contribution >= 4 is 17.5 Å². The normalized spacial score (nSPS) is 14.7. The van der Waals surface area contributed by atoms with Crippen LogP contribution in [0.25, 0.3) is 11.1 Å². The minimum Gasteiger partial charge on any atom is -0.493 e. The molecule has 12 nitrogen and oxygen atoms in total. The number of benzene rings is 2. The highest BCUT2D eigenvalue weighted by atomic mass is 16.5. The van der Waals surface area contributed by atoms with Crippen molar-refractivity contribution in [3.05, 3.63) is 93.2 Å². The summed E-state index contributed by atoms with van der Waals surface area (Å²) in [6.07, 6.45) is 2.30. The van der Waals surface area contributed by atoms with Crippen molar-refractivity contribution < 1.29 is 28.3 Å². The van der Waals surface area contributed by atoms with Crippen LogP contribution in [0.2, 0.25) is 0 Å². The van der Waals surface area contributed by atoms with Gasteiger partial charge in [0.05, 0.1) is 39.6 Å². The van der Waals surface area contributed by atoms with E-state index in [1.54, 1.807) is 20.3 Å². The van der Waals surface area contributed by atoms with Crippen LogP contribution in [0, 0.1) is 5.92 Å². The molecule has 1 aromatic heterocycles. The summed E-state index contributed by atoms with van der Waals surface area (Å²) in [6, 6.07) is 15.5. The Hall–Kier alpha value is -5.39. The summed E-state index contributed by atoms with van der Waals surface area (Å²) in [7, 11) is 4.65. The molecule has 0 saturated carbocycles. The van der Waals surface area contributed by atoms with Crippen LogP contribution in [0.1, 0.15) is 68.1 Å². The van der Waals surface area contributed by atoms with E-state index in [0.29, 0.717) is 59.9 Å². The lowest BCUT2D eigenvalue weighted by Gasteiger charge is -2.23. The fourth-order valence-electron chi connectivity index (χ4n) is 6.18. The summed E-state index contributed by atoms with van der Waals surface area (Å²) in [5.74, 6) is 1.52. The molecule has 258 valence electrons. The molecule has 1 aliphatic carbocycles. The zero-order valence-electron chi connectivity index (χ0n) is 28.7. The molecule has 0 aliphatic heterocycles. The van der Waals surface area contributed by atoms with Crippen LogP contribution in [0.3, 0.4) is 0 Å². The number of nitrogens with zero attached hydrogens (tertiary/aromatic N) is 2. The molecule has 3 aromatic carbocycles. The maximum absolute atomic E-state index is 13.9. The van der Waals surface area contributed by atoms with Crippen molar-refractivity contribution in [3.8, 4) is 28.4 Å². The number of amides is 2. The molecule has 49 heavy (non-hydrogen) atoms. The maximum Gasteiger partial charge on any atom is 0.246 e. The summed E-state index contributed by atoms with van der Waals surface area (Å²) in [6.45, 7) is 5.41. The third-order valence-electron chi connectivity index (χ3n) is 8.85. The molecule has 0 saturated heterocycles. The highest BCUT2D eigenvalue weighted by Gasteiger charge is 2.30. The summed E-state index contributed by atoms with van der Waals surface area (Å²) in [4.78, 5) is 44.3. The number of anilines is 1. The van der Waals surface area contributed by atoms with Gasteiger partial charge in [-0.15, -0.1) is 0 Å². The van der Waals surface area contributed by atoms with Crippen LogP contribution in [-0.2, 0) is 29.0 Å². The molecule has 12 heteroatoms. The van der Waals surface area contributed by atoms with E-state index in [0.717, 1.165) is 16.7 Å². The van der Waals surface area contributed by atoms with E-state index in [1.165, 1.54) is 20.1 Å². The van der Waals surface area contributed by atoms with Crippen molar-refractivity contribution in [2.45, 2.75) is 65.1 Å². The first-order valence-corrected chi connectivity index (χ1v) is 16.3. The van der Waals surface area contributed by atoms with Crippen LogP contribution in [0.4, 0.5) is 5.69 Å². The Morgan fingerprint density at radius 1 is 1.02 bits per heavy atom. The first-order chi connectivity index (χ1) is 23.7. The zero-order valence-corrected chi connectivity index (χ0v) is 28.7. The number of ether oxygens (including phenoxy) is 3. The smallest absolute Gasteiger partial charge is 0.246 e. The average Bonchev–Trinajstić information content (AvgIpc) is 3.42. The molecule has 4 aromatic rings. The fraction of sp³-hybridized carbons (Fsp3) is 0.378. The van der Waals surface area contributed by atoms with E-state index in [4.69, 9.17) is 18.7 Å². The Labute approximate surface area is 285 Å². The van der Waals surface area contributed by atoms with Gasteiger partial charge < -0.3 is 34.7 Å². The van der Waals surface area contributed by atoms with E-state index >= 15 is 0 Å². The van der Waals surface area contributed by atoms with Crippen LogP contribution < -0.4 is 35.6 Å². The molecule has 0 bridgehead atoms. The molecule has 1 heterocycles. The Morgan fingerprint density at radius 3 is 2.45 bits per heavy atom. The highest BCUT2D eigenvalue weighted by Crippen LogP contribution is 2.50. The van der Waals surface area contributed by atoms with Crippen molar-refractivity contribution in [1.29, 1.82) is 0 Å². The van der Waals surface area contributed by atoms with Gasteiger partial charge in [0.15, 0.2) is 17.3 Å². The number of methoxy groups -OCH3 is 3. The van der Waals surface area contributed by atoms with Gasteiger partial charge in [-0.25, -0.2) is 0 Å². The molecular weight excluding hydrogens is 626 g/mol. The van der Waals surface area contributed by atoms with Gasteiger partial charge in [0.2, 0.25) is 28.9 Å². The predicted octanol–water partition coefficient (Wildman–Crippen LogP) is 4.98. The molecule has 0 radical (unpaired) electrons. The van der Waals surface area contributed by atoms with Gasteiger partial charge in [-0.05, 0) is 59.2 Å². The average molecular weight is 670 g/mol. The Balaban J connectivity index is 1.47. The molecule has 5 rings (SSSR count). The lowest BCUT2D eigenvalue weighted by molar-refractivity contribution is -0.123. The second-order valence-electron chi connectivity index (χ2n) is 12.1. The number of fused-ring (bicyclic) bond motifs is 3. The SMILES string of the molecule is CCC(C)C(Nc1ccc2c(cc1=O)C(NC(C)=O)CCc1cc(OC)c(OC)c(OC)c1-2)C(=O)NCc1nc(Cc2ccccc2)no1. The number of hydrogen-bond donors (Lipinski definition) is 3. The van der Waals surface area contributed by atoms with E-state index < -0.39 is 12.1 Å². The number of aromatic nitrogens is 2. The van der Waals surface area contributed by atoms with Crippen LogP contribution >= 0.6 is 0 Å². The number of hydrogen-bond acceptors (Lipinski definition) is 10. The number of rotatable bonds is 13. The number of carbonyl (C=O) groups is 2. The topological polar surface area (TPSA) is 154 Å². The molecule has 3 atom stereocenters. The first kappa shape index (κ1) is 34.9. The molecular formula is C37H43N5O7. The summed E-state index contributed by atoms with van der Waals surface area (Å²) < 4.78 is 22.6. The lowest BCUT2D eigenvalue weighted by atomic mass is 9.95. The third kappa shape index (κ3) is 7.85. The maximum atomic E-state index is 13.9. The molecule has 2 amide bonds. The predicted molar refractivity (Wildman–Crippen MR) is 185 cm³/mol.